The van der Waals surface area contributed by atoms with Gasteiger partial charge in [0, 0.05) is 10.9 Å². The van der Waals surface area contributed by atoms with E-state index in [4.69, 9.17) is 14.2 Å². The first-order chi connectivity index (χ1) is 13.5. The second-order valence-electron chi connectivity index (χ2n) is 6.74. The monoisotopic (exact) mass is 403 g/mol. The topological polar surface area (TPSA) is 73.9 Å². The van der Waals surface area contributed by atoms with Gasteiger partial charge in [-0.2, -0.15) is 0 Å². The average molecular weight is 404 g/mol. The van der Waals surface area contributed by atoms with Gasteiger partial charge in [-0.25, -0.2) is 4.79 Å². The van der Waals surface area contributed by atoms with E-state index < -0.39 is 5.97 Å². The molecule has 1 amide bonds. The van der Waals surface area contributed by atoms with Crippen molar-refractivity contribution in [1.82, 2.24) is 0 Å². The zero-order valence-corrected chi connectivity index (χ0v) is 17.4. The van der Waals surface area contributed by atoms with Gasteiger partial charge in [-0.15, -0.1) is 11.3 Å². The molecular formula is C21H25NO5S. The normalized spacial score (nSPS) is 15.5. The fraction of sp³-hybridized carbons (Fsp3) is 0.429. The fourth-order valence-electron chi connectivity index (χ4n) is 3.57. The van der Waals surface area contributed by atoms with Crippen molar-refractivity contribution in [3.63, 3.8) is 0 Å². The van der Waals surface area contributed by atoms with Gasteiger partial charge in [0.2, 0.25) is 0 Å². The highest BCUT2D eigenvalue weighted by molar-refractivity contribution is 7.17. The number of thiophene rings is 1. The van der Waals surface area contributed by atoms with Crippen LogP contribution in [0.4, 0.5) is 5.00 Å². The summed E-state index contributed by atoms with van der Waals surface area (Å²) in [7, 11) is 4.42. The summed E-state index contributed by atoms with van der Waals surface area (Å²) < 4.78 is 15.5. The molecule has 1 aliphatic rings. The molecule has 0 saturated heterocycles. The van der Waals surface area contributed by atoms with Gasteiger partial charge < -0.3 is 19.5 Å². The molecule has 1 aliphatic carbocycles. The third-order valence-electron chi connectivity index (χ3n) is 5.21. The van der Waals surface area contributed by atoms with Crippen molar-refractivity contribution < 1.29 is 23.8 Å². The summed E-state index contributed by atoms with van der Waals surface area (Å²) in [5, 5.41) is 3.44. The number of methoxy groups -OCH3 is 3. The van der Waals surface area contributed by atoms with Crippen LogP contribution in [0.2, 0.25) is 0 Å². The number of ether oxygens (including phenoxy) is 3. The summed E-state index contributed by atoms with van der Waals surface area (Å²) in [6.07, 6.45) is 3.91. The molecule has 0 radical (unpaired) electrons. The minimum absolute atomic E-state index is 0.338. The summed E-state index contributed by atoms with van der Waals surface area (Å²) in [6.45, 7) is 2.18. The summed E-state index contributed by atoms with van der Waals surface area (Å²) in [5.41, 5.74) is 1.87. The summed E-state index contributed by atoms with van der Waals surface area (Å²) in [5.74, 6) is 0.867. The molecule has 1 aromatic heterocycles. The lowest BCUT2D eigenvalue weighted by Crippen LogP contribution is -2.17. The number of rotatable bonds is 6. The van der Waals surface area contributed by atoms with Crippen LogP contribution in [0.25, 0.3) is 0 Å². The summed E-state index contributed by atoms with van der Waals surface area (Å²) in [6, 6.07) is 5.00. The zero-order valence-electron chi connectivity index (χ0n) is 16.6. The second kappa shape index (κ2) is 8.65. The molecule has 0 aliphatic heterocycles. The highest BCUT2D eigenvalue weighted by Gasteiger charge is 2.30. The Kier molecular flexibility index (Phi) is 6.24. The third-order valence-corrected chi connectivity index (χ3v) is 6.38. The van der Waals surface area contributed by atoms with E-state index in [0.29, 0.717) is 33.5 Å². The molecule has 1 N–H and O–H groups in total. The third kappa shape index (κ3) is 3.85. The van der Waals surface area contributed by atoms with Gasteiger partial charge in [-0.1, -0.05) is 13.3 Å². The molecule has 1 heterocycles. The smallest absolute Gasteiger partial charge is 0.341 e. The number of anilines is 1. The van der Waals surface area contributed by atoms with E-state index in [2.05, 4.69) is 12.2 Å². The Bertz CT molecular complexity index is 889. The quantitative estimate of drug-likeness (QED) is 0.727. The van der Waals surface area contributed by atoms with E-state index in [-0.39, 0.29) is 5.91 Å². The van der Waals surface area contributed by atoms with Crippen LogP contribution in [-0.2, 0) is 17.6 Å². The molecule has 28 heavy (non-hydrogen) atoms. The van der Waals surface area contributed by atoms with Gasteiger partial charge >= 0.3 is 5.97 Å². The van der Waals surface area contributed by atoms with Crippen LogP contribution in [0.1, 0.15) is 50.9 Å². The van der Waals surface area contributed by atoms with E-state index in [1.165, 1.54) is 25.6 Å². The average Bonchev–Trinajstić information content (AvgIpc) is 3.09. The lowest BCUT2D eigenvalue weighted by atomic mass is 9.85. The lowest BCUT2D eigenvalue weighted by molar-refractivity contribution is 0.0601. The van der Waals surface area contributed by atoms with Crippen LogP contribution in [0.15, 0.2) is 18.2 Å². The van der Waals surface area contributed by atoms with Gasteiger partial charge in [0.1, 0.15) is 16.5 Å². The molecule has 7 heteroatoms. The molecule has 1 aromatic carbocycles. The maximum Gasteiger partial charge on any atom is 0.341 e. The molecule has 1 atom stereocenters. The van der Waals surface area contributed by atoms with Gasteiger partial charge in [0.15, 0.2) is 0 Å². The van der Waals surface area contributed by atoms with Crippen LogP contribution in [0.5, 0.6) is 11.5 Å². The van der Waals surface area contributed by atoms with Crippen molar-refractivity contribution in [1.29, 1.82) is 0 Å². The molecule has 0 bridgehead atoms. The largest absolute Gasteiger partial charge is 0.497 e. The Morgan fingerprint density at radius 2 is 2.00 bits per heavy atom. The van der Waals surface area contributed by atoms with Gasteiger partial charge in [0.25, 0.3) is 5.91 Å². The molecule has 0 spiro atoms. The fourth-order valence-corrected chi connectivity index (χ4v) is 4.91. The second-order valence-corrected chi connectivity index (χ2v) is 7.84. The van der Waals surface area contributed by atoms with Crippen LogP contribution < -0.4 is 14.8 Å². The van der Waals surface area contributed by atoms with E-state index >= 15 is 0 Å². The van der Waals surface area contributed by atoms with Crippen molar-refractivity contribution in [3.05, 3.63) is 39.8 Å². The first kappa shape index (κ1) is 20.2. The van der Waals surface area contributed by atoms with Crippen LogP contribution in [0, 0.1) is 5.92 Å². The molecule has 1 unspecified atom stereocenters. The Morgan fingerprint density at radius 3 is 2.64 bits per heavy atom. The zero-order chi connectivity index (χ0) is 20.3. The molecule has 0 saturated carbocycles. The highest BCUT2D eigenvalue weighted by atomic mass is 32.1. The molecule has 2 aromatic rings. The summed E-state index contributed by atoms with van der Waals surface area (Å²) >= 11 is 1.47. The van der Waals surface area contributed by atoms with Crippen molar-refractivity contribution in [3.8, 4) is 11.5 Å². The van der Waals surface area contributed by atoms with Gasteiger partial charge in [-0.05, 0) is 42.9 Å². The van der Waals surface area contributed by atoms with Crippen LogP contribution in [0.3, 0.4) is 0 Å². The number of nitrogens with one attached hydrogen (secondary N) is 1. The Morgan fingerprint density at radius 1 is 1.21 bits per heavy atom. The maximum atomic E-state index is 12.9. The van der Waals surface area contributed by atoms with Gasteiger partial charge in [0.05, 0.1) is 32.5 Å². The number of hydrogen-bond donors (Lipinski definition) is 1. The molecule has 3 rings (SSSR count). The van der Waals surface area contributed by atoms with E-state index in [1.807, 2.05) is 0 Å². The van der Waals surface area contributed by atoms with Crippen molar-refractivity contribution in [2.75, 3.05) is 26.6 Å². The molecule has 150 valence electrons. The maximum absolute atomic E-state index is 12.9. The number of benzene rings is 1. The van der Waals surface area contributed by atoms with Crippen LogP contribution >= 0.6 is 11.3 Å². The number of fused-ring (bicyclic) bond motifs is 1. The SMILES string of the molecule is CCC1CCc2c(sc(NC(=O)c3ccc(OC)cc3OC)c2C(=O)OC)C1. The number of carbonyl (C=O) groups is 2. The first-order valence-electron chi connectivity index (χ1n) is 9.28. The number of carbonyl (C=O) groups excluding carboxylic acids is 2. The Hall–Kier alpha value is -2.54. The first-order valence-corrected chi connectivity index (χ1v) is 10.1. The molecule has 0 fully saturated rings. The molecular weight excluding hydrogens is 378 g/mol. The van der Waals surface area contributed by atoms with E-state index in [9.17, 15) is 9.59 Å². The van der Waals surface area contributed by atoms with Gasteiger partial charge in [-0.3, -0.25) is 4.79 Å². The number of esters is 1. The minimum atomic E-state index is -0.413. The number of amides is 1. The predicted molar refractivity (Wildman–Crippen MR) is 109 cm³/mol. The Labute approximate surface area is 168 Å². The standard InChI is InChI=1S/C21H25NO5S/c1-5-12-6-8-15-17(10-12)28-20(18(15)21(24)27-4)22-19(23)14-9-7-13(25-2)11-16(14)26-3/h7,9,11-12H,5-6,8,10H2,1-4H3,(H,22,23). The highest BCUT2D eigenvalue weighted by Crippen LogP contribution is 2.41. The Balaban J connectivity index is 1.95. The summed E-state index contributed by atoms with van der Waals surface area (Å²) in [4.78, 5) is 26.5. The van der Waals surface area contributed by atoms with Crippen molar-refractivity contribution in [2.24, 2.45) is 5.92 Å². The van der Waals surface area contributed by atoms with Crippen LogP contribution in [-0.4, -0.2) is 33.2 Å². The van der Waals surface area contributed by atoms with E-state index in [1.54, 1.807) is 25.3 Å². The van der Waals surface area contributed by atoms with E-state index in [0.717, 1.165) is 36.1 Å². The minimum Gasteiger partial charge on any atom is -0.497 e. The lowest BCUT2D eigenvalue weighted by Gasteiger charge is -2.20. The van der Waals surface area contributed by atoms with Crippen molar-refractivity contribution in [2.45, 2.75) is 32.6 Å². The molecule has 6 nitrogen and oxygen atoms in total. The van der Waals surface area contributed by atoms with Crippen molar-refractivity contribution >= 4 is 28.2 Å². The predicted octanol–water partition coefficient (Wildman–Crippen LogP) is 4.32. The number of hydrogen-bond acceptors (Lipinski definition) is 6.